The maximum Gasteiger partial charge on any atom is 0.132 e. The molecule has 0 saturated heterocycles. The topological polar surface area (TPSA) is 12.9 Å². The van der Waals surface area contributed by atoms with Gasteiger partial charge in [-0.15, -0.1) is 0 Å². The Bertz CT molecular complexity index is 379. The lowest BCUT2D eigenvalue weighted by atomic mass is 10.2. The summed E-state index contributed by atoms with van der Waals surface area (Å²) in [6, 6.07) is 7.59. The average Bonchev–Trinajstić information content (AvgIpc) is 2.06. The second kappa shape index (κ2) is 2.31. The zero-order valence-corrected chi connectivity index (χ0v) is 5.71. The summed E-state index contributed by atoms with van der Waals surface area (Å²) in [6.45, 7) is 0. The van der Waals surface area contributed by atoms with Crippen molar-refractivity contribution in [1.82, 2.24) is 4.98 Å². The molecule has 0 unspecified atom stereocenters. The van der Waals surface area contributed by atoms with Crippen LogP contribution >= 0.6 is 0 Å². The molecule has 0 aliphatic heterocycles. The maximum atomic E-state index is 12.9. The smallest absolute Gasteiger partial charge is 0.132 e. The van der Waals surface area contributed by atoms with Crippen molar-refractivity contribution in [2.75, 3.05) is 0 Å². The molecule has 0 aliphatic carbocycles. The second-order valence-corrected chi connectivity index (χ2v) is 2.25. The van der Waals surface area contributed by atoms with E-state index in [9.17, 15) is 4.39 Å². The summed E-state index contributed by atoms with van der Waals surface area (Å²) in [5, 5.41) is 1.29. The molecule has 0 N–H and O–H groups in total. The van der Waals surface area contributed by atoms with Gasteiger partial charge in [0, 0.05) is 17.8 Å². The number of halogens is 1. The van der Waals surface area contributed by atoms with E-state index in [1.54, 1.807) is 18.3 Å². The van der Waals surface area contributed by atoms with E-state index < -0.39 is 0 Å². The van der Waals surface area contributed by atoms with Crippen molar-refractivity contribution in [3.8, 4) is 0 Å². The van der Waals surface area contributed by atoms with Crippen molar-refractivity contribution in [2.24, 2.45) is 0 Å². The number of aromatic nitrogens is 1. The highest BCUT2D eigenvalue weighted by Crippen LogP contribution is 2.14. The van der Waals surface area contributed by atoms with Crippen LogP contribution in [0.3, 0.4) is 0 Å². The maximum absolute atomic E-state index is 12.9. The number of hydrogen-bond acceptors (Lipinski definition) is 1. The first-order chi connectivity index (χ1) is 5.38. The third kappa shape index (κ3) is 0.963. The minimum absolute atomic E-state index is 0.244. The van der Waals surface area contributed by atoms with Crippen LogP contribution in [-0.4, -0.2) is 4.98 Å². The van der Waals surface area contributed by atoms with Gasteiger partial charge in [-0.05, 0) is 23.6 Å². The van der Waals surface area contributed by atoms with Gasteiger partial charge in [-0.25, -0.2) is 4.39 Å². The lowest BCUT2D eigenvalue weighted by Gasteiger charge is -1.94. The quantitative estimate of drug-likeness (QED) is 0.555. The molecule has 0 spiro atoms. The van der Waals surface area contributed by atoms with Crippen LogP contribution in [0.1, 0.15) is 0 Å². The number of fused-ring (bicyclic) bond motifs is 1. The number of rotatable bonds is 0. The van der Waals surface area contributed by atoms with E-state index in [4.69, 9.17) is 0 Å². The standard InChI is InChI=1S/C9H5FN/c10-9-3-1-2-7-4-5-11-6-8(7)9/h1,3-6H. The predicted octanol–water partition coefficient (Wildman–Crippen LogP) is 2.17. The van der Waals surface area contributed by atoms with Crippen molar-refractivity contribution >= 4 is 10.8 Å². The Morgan fingerprint density at radius 3 is 3.09 bits per heavy atom. The van der Waals surface area contributed by atoms with Crippen LogP contribution in [0.15, 0.2) is 30.6 Å². The minimum Gasteiger partial charge on any atom is -0.264 e. The van der Waals surface area contributed by atoms with Crippen molar-refractivity contribution in [3.05, 3.63) is 42.5 Å². The molecule has 53 valence electrons. The number of benzene rings is 1. The van der Waals surface area contributed by atoms with Crippen LogP contribution in [0, 0.1) is 11.9 Å². The fourth-order valence-electron chi connectivity index (χ4n) is 1.01. The van der Waals surface area contributed by atoms with E-state index in [0.717, 1.165) is 5.39 Å². The molecule has 1 heterocycles. The highest BCUT2D eigenvalue weighted by molar-refractivity contribution is 5.81. The van der Waals surface area contributed by atoms with Gasteiger partial charge in [0.2, 0.25) is 0 Å². The zero-order chi connectivity index (χ0) is 7.68. The number of pyridine rings is 1. The molecule has 2 rings (SSSR count). The van der Waals surface area contributed by atoms with Gasteiger partial charge in [0.05, 0.1) is 0 Å². The van der Waals surface area contributed by atoms with Crippen LogP contribution in [-0.2, 0) is 0 Å². The number of hydrogen-bond donors (Lipinski definition) is 0. The lowest BCUT2D eigenvalue weighted by Crippen LogP contribution is -1.79. The SMILES string of the molecule is Fc1cc[c]c2ccncc12. The van der Waals surface area contributed by atoms with Gasteiger partial charge >= 0.3 is 0 Å². The molecule has 1 radical (unpaired) electrons. The Morgan fingerprint density at radius 2 is 2.27 bits per heavy atom. The third-order valence-electron chi connectivity index (χ3n) is 1.55. The molecule has 2 heteroatoms. The number of nitrogens with zero attached hydrogens (tertiary/aromatic N) is 1. The van der Waals surface area contributed by atoms with Crippen molar-refractivity contribution in [3.63, 3.8) is 0 Å². The Kier molecular flexibility index (Phi) is 1.32. The monoisotopic (exact) mass is 146 g/mol. The molecule has 1 aromatic carbocycles. The molecule has 2 aromatic rings. The molecular weight excluding hydrogens is 141 g/mol. The highest BCUT2D eigenvalue weighted by atomic mass is 19.1. The summed E-state index contributed by atoms with van der Waals surface area (Å²) in [5.74, 6) is -0.244. The van der Waals surface area contributed by atoms with Crippen LogP contribution in [0.25, 0.3) is 10.8 Å². The van der Waals surface area contributed by atoms with Crippen LogP contribution in [0.5, 0.6) is 0 Å². The van der Waals surface area contributed by atoms with Gasteiger partial charge in [0.25, 0.3) is 0 Å². The normalized spacial score (nSPS) is 10.3. The van der Waals surface area contributed by atoms with Gasteiger partial charge < -0.3 is 0 Å². The Labute approximate surface area is 63.5 Å². The van der Waals surface area contributed by atoms with E-state index in [2.05, 4.69) is 11.1 Å². The van der Waals surface area contributed by atoms with Gasteiger partial charge in [-0.3, -0.25) is 4.98 Å². The first-order valence-corrected chi connectivity index (χ1v) is 3.28. The summed E-state index contributed by atoms with van der Waals surface area (Å²) < 4.78 is 12.9. The van der Waals surface area contributed by atoms with E-state index in [0.29, 0.717) is 5.39 Å². The van der Waals surface area contributed by atoms with Gasteiger partial charge in [-0.2, -0.15) is 0 Å². The van der Waals surface area contributed by atoms with Crippen LogP contribution in [0.4, 0.5) is 4.39 Å². The van der Waals surface area contributed by atoms with Crippen LogP contribution < -0.4 is 0 Å². The molecule has 11 heavy (non-hydrogen) atoms. The fourth-order valence-corrected chi connectivity index (χ4v) is 1.01. The van der Waals surface area contributed by atoms with E-state index in [1.165, 1.54) is 12.3 Å². The lowest BCUT2D eigenvalue weighted by molar-refractivity contribution is 0.639. The zero-order valence-electron chi connectivity index (χ0n) is 5.71. The average molecular weight is 146 g/mol. The fraction of sp³-hybridized carbons (Fsp3) is 0. The molecule has 0 amide bonds. The second-order valence-electron chi connectivity index (χ2n) is 2.25. The molecule has 1 aromatic heterocycles. The largest absolute Gasteiger partial charge is 0.264 e. The third-order valence-corrected chi connectivity index (χ3v) is 1.55. The molecule has 0 fully saturated rings. The van der Waals surface area contributed by atoms with E-state index in [1.807, 2.05) is 0 Å². The Hall–Kier alpha value is -1.44. The minimum atomic E-state index is -0.244. The summed E-state index contributed by atoms with van der Waals surface area (Å²) in [5.41, 5.74) is 0. The molecule has 0 aliphatic rings. The summed E-state index contributed by atoms with van der Waals surface area (Å²) >= 11 is 0. The van der Waals surface area contributed by atoms with Gasteiger partial charge in [-0.1, -0.05) is 6.07 Å². The highest BCUT2D eigenvalue weighted by Gasteiger charge is 1.96. The molecule has 0 atom stereocenters. The summed E-state index contributed by atoms with van der Waals surface area (Å²) in [6.07, 6.45) is 3.12. The van der Waals surface area contributed by atoms with Gasteiger partial charge in [0.1, 0.15) is 5.82 Å². The first-order valence-electron chi connectivity index (χ1n) is 3.28. The summed E-state index contributed by atoms with van der Waals surface area (Å²) in [4.78, 5) is 3.81. The first kappa shape index (κ1) is 6.28. The van der Waals surface area contributed by atoms with Crippen molar-refractivity contribution < 1.29 is 4.39 Å². The molecule has 0 saturated carbocycles. The van der Waals surface area contributed by atoms with Crippen molar-refractivity contribution in [1.29, 1.82) is 0 Å². The van der Waals surface area contributed by atoms with E-state index >= 15 is 0 Å². The Morgan fingerprint density at radius 1 is 1.36 bits per heavy atom. The Balaban J connectivity index is 2.91. The van der Waals surface area contributed by atoms with Crippen LogP contribution in [0.2, 0.25) is 0 Å². The van der Waals surface area contributed by atoms with Crippen molar-refractivity contribution in [2.45, 2.75) is 0 Å². The predicted molar refractivity (Wildman–Crippen MR) is 40.5 cm³/mol. The molecule has 0 bridgehead atoms. The summed E-state index contributed by atoms with van der Waals surface area (Å²) in [7, 11) is 0. The van der Waals surface area contributed by atoms with E-state index in [-0.39, 0.29) is 5.82 Å². The van der Waals surface area contributed by atoms with Gasteiger partial charge in [0.15, 0.2) is 0 Å². The molecule has 1 nitrogen and oxygen atoms in total. The molecular formula is C9H5FN.